The average molecular weight is 331 g/mol. The van der Waals surface area contributed by atoms with Crippen LogP contribution in [0.25, 0.3) is 0 Å². The van der Waals surface area contributed by atoms with Crippen molar-refractivity contribution in [3.63, 3.8) is 0 Å². The molecule has 2 atom stereocenters. The molecule has 0 fully saturated rings. The summed E-state index contributed by atoms with van der Waals surface area (Å²) >= 11 is 1.54. The second-order valence-corrected chi connectivity index (χ2v) is 6.38. The Hall–Kier alpha value is -2.14. The lowest BCUT2D eigenvalue weighted by molar-refractivity contribution is -0.144. The van der Waals surface area contributed by atoms with Crippen molar-refractivity contribution in [2.75, 3.05) is 6.54 Å². The van der Waals surface area contributed by atoms with Gasteiger partial charge in [0.05, 0.1) is 5.92 Å². The Morgan fingerprint density at radius 3 is 2.48 bits per heavy atom. The number of benzene rings is 1. The fourth-order valence-corrected chi connectivity index (χ4v) is 3.36. The molecule has 0 aliphatic carbocycles. The van der Waals surface area contributed by atoms with Crippen LogP contribution in [0.15, 0.2) is 47.2 Å². The van der Waals surface area contributed by atoms with Crippen LogP contribution >= 0.6 is 11.3 Å². The van der Waals surface area contributed by atoms with Crippen LogP contribution in [0.1, 0.15) is 37.3 Å². The number of carboxylic acids is 1. The normalized spacial score (nSPS) is 14.7. The summed E-state index contributed by atoms with van der Waals surface area (Å²) in [5.41, 5.74) is 0.550. The van der Waals surface area contributed by atoms with Gasteiger partial charge in [-0.2, -0.15) is 11.3 Å². The van der Waals surface area contributed by atoms with Gasteiger partial charge in [0.15, 0.2) is 0 Å². The van der Waals surface area contributed by atoms with Crippen molar-refractivity contribution in [2.45, 2.75) is 31.6 Å². The molecule has 23 heavy (non-hydrogen) atoms. The summed E-state index contributed by atoms with van der Waals surface area (Å²) in [6, 6.07) is 11.0. The zero-order valence-corrected chi connectivity index (χ0v) is 14.1. The number of rotatable bonds is 7. The second kappa shape index (κ2) is 7.42. The number of hydrogen-bond acceptors (Lipinski definition) is 3. The molecule has 5 heteroatoms. The van der Waals surface area contributed by atoms with E-state index in [9.17, 15) is 14.7 Å². The number of carbonyl (C=O) groups is 2. The molecular formula is C18H21NO3S. The number of amides is 1. The minimum atomic E-state index is -1.11. The first-order valence-corrected chi connectivity index (χ1v) is 8.54. The molecule has 0 aliphatic rings. The average Bonchev–Trinajstić information content (AvgIpc) is 3.10. The smallest absolute Gasteiger partial charge is 0.315 e. The van der Waals surface area contributed by atoms with Gasteiger partial charge in [0.2, 0.25) is 5.91 Å². The zero-order chi connectivity index (χ0) is 16.9. The summed E-state index contributed by atoms with van der Waals surface area (Å²) in [7, 11) is 0. The van der Waals surface area contributed by atoms with E-state index in [4.69, 9.17) is 0 Å². The van der Waals surface area contributed by atoms with Crippen molar-refractivity contribution in [1.29, 1.82) is 0 Å². The summed E-state index contributed by atoms with van der Waals surface area (Å²) in [6.45, 7) is 3.74. The molecule has 0 radical (unpaired) electrons. The molecule has 2 aromatic rings. The maximum atomic E-state index is 12.4. The SMILES string of the molecule is CCC(CNC(=O)C(C)c1ccsc1)(C(=O)O)c1ccccc1. The Kier molecular flexibility index (Phi) is 5.55. The first-order valence-electron chi connectivity index (χ1n) is 7.60. The highest BCUT2D eigenvalue weighted by molar-refractivity contribution is 7.08. The van der Waals surface area contributed by atoms with Crippen molar-refractivity contribution in [3.05, 3.63) is 58.3 Å². The molecule has 122 valence electrons. The number of aliphatic carboxylic acids is 1. The van der Waals surface area contributed by atoms with E-state index in [1.54, 1.807) is 23.5 Å². The highest BCUT2D eigenvalue weighted by Gasteiger charge is 2.39. The van der Waals surface area contributed by atoms with Crippen molar-refractivity contribution in [3.8, 4) is 0 Å². The Balaban J connectivity index is 2.16. The first kappa shape index (κ1) is 17.2. The summed E-state index contributed by atoms with van der Waals surface area (Å²) in [6.07, 6.45) is 0.402. The second-order valence-electron chi connectivity index (χ2n) is 5.60. The number of nitrogens with one attached hydrogen (secondary N) is 1. The Labute approximate surface area is 140 Å². The van der Waals surface area contributed by atoms with Crippen molar-refractivity contribution >= 4 is 23.2 Å². The molecule has 4 nitrogen and oxygen atoms in total. The lowest BCUT2D eigenvalue weighted by Gasteiger charge is -2.29. The molecule has 1 aromatic carbocycles. The van der Waals surface area contributed by atoms with E-state index >= 15 is 0 Å². The Morgan fingerprint density at radius 2 is 1.96 bits per heavy atom. The van der Waals surface area contributed by atoms with Crippen LogP contribution in [0.4, 0.5) is 0 Å². The number of carbonyl (C=O) groups excluding carboxylic acids is 1. The van der Waals surface area contributed by atoms with Crippen LogP contribution in [0.3, 0.4) is 0 Å². The number of carboxylic acid groups (broad SMARTS) is 1. The maximum Gasteiger partial charge on any atom is 0.315 e. The Bertz CT molecular complexity index is 654. The molecular weight excluding hydrogens is 310 g/mol. The van der Waals surface area contributed by atoms with Gasteiger partial charge in [-0.1, -0.05) is 37.3 Å². The van der Waals surface area contributed by atoms with Crippen LogP contribution < -0.4 is 5.32 Å². The van der Waals surface area contributed by atoms with Gasteiger partial charge in [-0.05, 0) is 41.3 Å². The first-order chi connectivity index (χ1) is 11.0. The molecule has 2 unspecified atom stereocenters. The van der Waals surface area contributed by atoms with Gasteiger partial charge >= 0.3 is 5.97 Å². The lowest BCUT2D eigenvalue weighted by atomic mass is 9.78. The molecule has 0 saturated carbocycles. The molecule has 0 bridgehead atoms. The highest BCUT2D eigenvalue weighted by atomic mass is 32.1. The number of hydrogen-bond donors (Lipinski definition) is 2. The van der Waals surface area contributed by atoms with Crippen LogP contribution in [0.2, 0.25) is 0 Å². The third-order valence-electron chi connectivity index (χ3n) is 4.34. The van der Waals surface area contributed by atoms with Gasteiger partial charge in [0, 0.05) is 6.54 Å². The monoisotopic (exact) mass is 331 g/mol. The fraction of sp³-hybridized carbons (Fsp3) is 0.333. The van der Waals surface area contributed by atoms with Crippen molar-refractivity contribution in [2.24, 2.45) is 0 Å². The van der Waals surface area contributed by atoms with Crippen molar-refractivity contribution in [1.82, 2.24) is 5.32 Å². The topological polar surface area (TPSA) is 66.4 Å². The zero-order valence-electron chi connectivity index (χ0n) is 13.3. The van der Waals surface area contributed by atoms with E-state index in [2.05, 4.69) is 5.32 Å². The molecule has 2 rings (SSSR count). The van der Waals surface area contributed by atoms with Gasteiger partial charge in [0.25, 0.3) is 0 Å². The van der Waals surface area contributed by atoms with Crippen LogP contribution in [-0.2, 0) is 15.0 Å². The molecule has 1 heterocycles. The van der Waals surface area contributed by atoms with E-state index < -0.39 is 11.4 Å². The minimum absolute atomic E-state index is 0.0795. The van der Waals surface area contributed by atoms with Gasteiger partial charge in [-0.3, -0.25) is 9.59 Å². The summed E-state index contributed by atoms with van der Waals surface area (Å²) < 4.78 is 0. The minimum Gasteiger partial charge on any atom is -0.481 e. The molecule has 1 amide bonds. The fourth-order valence-electron chi connectivity index (χ4n) is 2.60. The van der Waals surface area contributed by atoms with E-state index in [1.165, 1.54) is 0 Å². The van der Waals surface area contributed by atoms with Gasteiger partial charge in [0.1, 0.15) is 5.41 Å². The molecule has 2 N–H and O–H groups in total. The summed E-state index contributed by atoms with van der Waals surface area (Å²) in [5, 5.41) is 16.5. The Morgan fingerprint density at radius 1 is 1.26 bits per heavy atom. The molecule has 0 spiro atoms. The van der Waals surface area contributed by atoms with E-state index in [1.807, 2.05) is 48.9 Å². The van der Waals surface area contributed by atoms with Gasteiger partial charge < -0.3 is 10.4 Å². The van der Waals surface area contributed by atoms with E-state index in [-0.39, 0.29) is 18.4 Å². The number of thiophene rings is 1. The summed E-state index contributed by atoms with van der Waals surface area (Å²) in [5.74, 6) is -1.37. The quantitative estimate of drug-likeness (QED) is 0.817. The van der Waals surface area contributed by atoms with Gasteiger partial charge in [-0.15, -0.1) is 0 Å². The predicted molar refractivity (Wildman–Crippen MR) is 91.8 cm³/mol. The van der Waals surface area contributed by atoms with E-state index in [0.717, 1.165) is 5.56 Å². The van der Waals surface area contributed by atoms with Gasteiger partial charge in [-0.25, -0.2) is 0 Å². The van der Waals surface area contributed by atoms with Crippen molar-refractivity contribution < 1.29 is 14.7 Å². The van der Waals surface area contributed by atoms with Crippen LogP contribution in [0, 0.1) is 0 Å². The lowest BCUT2D eigenvalue weighted by Crippen LogP contribution is -2.47. The maximum absolute atomic E-state index is 12.4. The van der Waals surface area contributed by atoms with E-state index in [0.29, 0.717) is 12.0 Å². The predicted octanol–water partition coefficient (Wildman–Crippen LogP) is 3.40. The largest absolute Gasteiger partial charge is 0.481 e. The third kappa shape index (κ3) is 3.62. The molecule has 0 saturated heterocycles. The van der Waals surface area contributed by atoms with Crippen LogP contribution in [0.5, 0.6) is 0 Å². The van der Waals surface area contributed by atoms with Crippen LogP contribution in [-0.4, -0.2) is 23.5 Å². The third-order valence-corrected chi connectivity index (χ3v) is 5.04. The summed E-state index contributed by atoms with van der Waals surface area (Å²) in [4.78, 5) is 24.3. The molecule has 1 aromatic heterocycles. The molecule has 0 aliphatic heterocycles. The standard InChI is InChI=1S/C18H21NO3S/c1-3-18(17(21)22,15-7-5-4-6-8-15)12-19-16(20)13(2)14-9-10-23-11-14/h4-11,13H,3,12H2,1-2H3,(H,19,20)(H,21,22). The highest BCUT2D eigenvalue weighted by Crippen LogP contribution is 2.28.